The second-order valence-corrected chi connectivity index (χ2v) is 5.41. The Morgan fingerprint density at radius 3 is 2.58 bits per heavy atom. The van der Waals surface area contributed by atoms with Crippen LogP contribution < -0.4 is 0 Å². The van der Waals surface area contributed by atoms with Crippen LogP contribution in [0.4, 0.5) is 0 Å². The average molecular weight is 294 g/mol. The highest BCUT2D eigenvalue weighted by molar-refractivity contribution is 14.1. The molecular weight excluding hydrogens is 283 g/mol. The van der Waals surface area contributed by atoms with Crippen LogP contribution in [0.5, 0.6) is 0 Å². The molecule has 0 amide bonds. The van der Waals surface area contributed by atoms with E-state index in [0.717, 1.165) is 12.8 Å². The minimum Gasteiger partial charge on any atom is -0.384 e. The minimum absolute atomic E-state index is 0.481. The number of rotatable bonds is 1. The molecule has 3 heteroatoms. The third kappa shape index (κ3) is 1.42. The Morgan fingerprint density at radius 2 is 2.08 bits per heavy atom. The molecule has 0 bridgehead atoms. The summed E-state index contributed by atoms with van der Waals surface area (Å²) < 4.78 is 1.22. The third-order valence-electron chi connectivity index (χ3n) is 2.47. The largest absolute Gasteiger partial charge is 0.384 e. The van der Waals surface area contributed by atoms with Gasteiger partial charge in [-0.1, -0.05) is 12.8 Å². The SMILES string of the molecule is OC1(c2sccc2I)CCCC1. The lowest BCUT2D eigenvalue weighted by atomic mass is 10.0. The summed E-state index contributed by atoms with van der Waals surface area (Å²) in [5.74, 6) is 0. The summed E-state index contributed by atoms with van der Waals surface area (Å²) in [6.45, 7) is 0. The van der Waals surface area contributed by atoms with E-state index >= 15 is 0 Å². The first kappa shape index (κ1) is 8.97. The van der Waals surface area contributed by atoms with E-state index in [9.17, 15) is 5.11 Å². The Morgan fingerprint density at radius 1 is 1.42 bits per heavy atom. The number of aliphatic hydroxyl groups is 1. The van der Waals surface area contributed by atoms with Crippen molar-refractivity contribution in [3.63, 3.8) is 0 Å². The minimum atomic E-state index is -0.481. The fourth-order valence-corrected chi connectivity index (χ4v) is 4.06. The molecule has 0 saturated heterocycles. The van der Waals surface area contributed by atoms with E-state index in [-0.39, 0.29) is 0 Å². The molecule has 1 aromatic rings. The molecule has 0 radical (unpaired) electrons. The van der Waals surface area contributed by atoms with Crippen molar-refractivity contribution in [1.29, 1.82) is 0 Å². The number of hydrogen-bond donors (Lipinski definition) is 1. The molecule has 1 nitrogen and oxygen atoms in total. The first-order valence-electron chi connectivity index (χ1n) is 4.18. The van der Waals surface area contributed by atoms with Gasteiger partial charge in [0.25, 0.3) is 0 Å². The van der Waals surface area contributed by atoms with Crippen molar-refractivity contribution in [3.05, 3.63) is 19.9 Å². The fraction of sp³-hybridized carbons (Fsp3) is 0.556. The molecule has 0 spiro atoms. The van der Waals surface area contributed by atoms with E-state index in [0.29, 0.717) is 0 Å². The highest BCUT2D eigenvalue weighted by Gasteiger charge is 2.35. The molecule has 1 heterocycles. The van der Waals surface area contributed by atoms with Gasteiger partial charge < -0.3 is 5.11 Å². The molecule has 1 aromatic heterocycles. The van der Waals surface area contributed by atoms with Gasteiger partial charge in [-0.25, -0.2) is 0 Å². The predicted molar refractivity (Wildman–Crippen MR) is 59.4 cm³/mol. The second kappa shape index (κ2) is 3.27. The van der Waals surface area contributed by atoms with Gasteiger partial charge in [0.2, 0.25) is 0 Å². The van der Waals surface area contributed by atoms with Crippen LogP contribution in [0.15, 0.2) is 11.4 Å². The molecule has 1 fully saturated rings. The molecule has 1 aliphatic carbocycles. The highest BCUT2D eigenvalue weighted by atomic mass is 127. The Labute approximate surface area is 89.9 Å². The van der Waals surface area contributed by atoms with E-state index in [2.05, 4.69) is 34.0 Å². The maximum absolute atomic E-state index is 10.2. The van der Waals surface area contributed by atoms with Gasteiger partial charge in [-0.15, -0.1) is 11.3 Å². The van der Waals surface area contributed by atoms with E-state index in [1.807, 2.05) is 0 Å². The summed E-state index contributed by atoms with van der Waals surface area (Å²) >= 11 is 3.99. The Bertz CT molecular complexity index is 276. The highest BCUT2D eigenvalue weighted by Crippen LogP contribution is 2.42. The van der Waals surface area contributed by atoms with E-state index in [1.165, 1.54) is 21.3 Å². The van der Waals surface area contributed by atoms with Crippen molar-refractivity contribution < 1.29 is 5.11 Å². The van der Waals surface area contributed by atoms with Crippen LogP contribution in [0.2, 0.25) is 0 Å². The predicted octanol–water partition coefficient (Wildman–Crippen LogP) is 3.11. The zero-order valence-electron chi connectivity index (χ0n) is 6.72. The summed E-state index contributed by atoms with van der Waals surface area (Å²) in [7, 11) is 0. The van der Waals surface area contributed by atoms with E-state index < -0.39 is 5.60 Å². The number of halogens is 1. The molecule has 2 rings (SSSR count). The quantitative estimate of drug-likeness (QED) is 0.789. The van der Waals surface area contributed by atoms with Crippen molar-refractivity contribution in [2.75, 3.05) is 0 Å². The lowest BCUT2D eigenvalue weighted by Crippen LogP contribution is -2.20. The maximum Gasteiger partial charge on any atom is 0.0998 e. The molecule has 0 atom stereocenters. The Kier molecular flexibility index (Phi) is 2.44. The third-order valence-corrected chi connectivity index (χ3v) is 4.84. The van der Waals surface area contributed by atoms with Crippen molar-refractivity contribution in [2.24, 2.45) is 0 Å². The molecule has 66 valence electrons. The Hall–Kier alpha value is 0.390. The fourth-order valence-electron chi connectivity index (χ4n) is 1.81. The molecule has 0 unspecified atom stereocenters. The first-order chi connectivity index (χ1) is 5.72. The van der Waals surface area contributed by atoms with Crippen molar-refractivity contribution in [1.82, 2.24) is 0 Å². The van der Waals surface area contributed by atoms with Gasteiger partial charge in [0.05, 0.1) is 5.60 Å². The van der Waals surface area contributed by atoms with E-state index in [1.54, 1.807) is 11.3 Å². The van der Waals surface area contributed by atoms with Crippen LogP contribution in [0.3, 0.4) is 0 Å². The zero-order valence-corrected chi connectivity index (χ0v) is 9.69. The molecule has 1 N–H and O–H groups in total. The zero-order chi connectivity index (χ0) is 8.60. The van der Waals surface area contributed by atoms with Crippen LogP contribution in [0.1, 0.15) is 30.6 Å². The van der Waals surface area contributed by atoms with Gasteiger partial charge in [-0.2, -0.15) is 0 Å². The van der Waals surface area contributed by atoms with Crippen LogP contribution in [-0.4, -0.2) is 5.11 Å². The monoisotopic (exact) mass is 294 g/mol. The van der Waals surface area contributed by atoms with Gasteiger partial charge in [0.15, 0.2) is 0 Å². The topological polar surface area (TPSA) is 20.2 Å². The molecule has 0 aromatic carbocycles. The van der Waals surface area contributed by atoms with Crippen LogP contribution in [-0.2, 0) is 5.60 Å². The molecule has 12 heavy (non-hydrogen) atoms. The standard InChI is InChI=1S/C9H11IOS/c10-7-3-6-12-8(7)9(11)4-1-2-5-9/h3,6,11H,1-2,4-5H2. The van der Waals surface area contributed by atoms with Gasteiger partial charge in [-0.3, -0.25) is 0 Å². The molecular formula is C9H11IOS. The summed E-state index contributed by atoms with van der Waals surface area (Å²) in [6.07, 6.45) is 4.24. The summed E-state index contributed by atoms with van der Waals surface area (Å²) in [6, 6.07) is 2.08. The smallest absolute Gasteiger partial charge is 0.0998 e. The first-order valence-corrected chi connectivity index (χ1v) is 6.14. The number of hydrogen-bond acceptors (Lipinski definition) is 2. The molecule has 0 aliphatic heterocycles. The second-order valence-electron chi connectivity index (χ2n) is 3.34. The summed E-state index contributed by atoms with van der Waals surface area (Å²) in [5.41, 5.74) is -0.481. The van der Waals surface area contributed by atoms with Crippen LogP contribution in [0.25, 0.3) is 0 Å². The van der Waals surface area contributed by atoms with Crippen molar-refractivity contribution >= 4 is 33.9 Å². The van der Waals surface area contributed by atoms with Crippen LogP contribution in [0, 0.1) is 3.57 Å². The number of thiophene rings is 1. The van der Waals surface area contributed by atoms with E-state index in [4.69, 9.17) is 0 Å². The summed E-state index contributed by atoms with van der Waals surface area (Å²) in [4.78, 5) is 1.18. The van der Waals surface area contributed by atoms with Crippen molar-refractivity contribution in [3.8, 4) is 0 Å². The van der Waals surface area contributed by atoms with Gasteiger partial charge in [0, 0.05) is 8.45 Å². The van der Waals surface area contributed by atoms with Crippen molar-refractivity contribution in [2.45, 2.75) is 31.3 Å². The Balaban J connectivity index is 2.34. The maximum atomic E-state index is 10.2. The van der Waals surface area contributed by atoms with Gasteiger partial charge >= 0.3 is 0 Å². The molecule has 1 saturated carbocycles. The summed E-state index contributed by atoms with van der Waals surface area (Å²) in [5, 5.41) is 12.3. The van der Waals surface area contributed by atoms with Crippen LogP contribution >= 0.6 is 33.9 Å². The van der Waals surface area contributed by atoms with Gasteiger partial charge in [-0.05, 0) is 46.9 Å². The average Bonchev–Trinajstić information content (AvgIpc) is 2.59. The molecule has 1 aliphatic rings. The van der Waals surface area contributed by atoms with Gasteiger partial charge in [0.1, 0.15) is 0 Å². The lowest BCUT2D eigenvalue weighted by Gasteiger charge is -2.20. The lowest BCUT2D eigenvalue weighted by molar-refractivity contribution is 0.0475. The normalized spacial score (nSPS) is 21.5.